The summed E-state index contributed by atoms with van der Waals surface area (Å²) in [6, 6.07) is 0. The Bertz CT molecular complexity index is 625. The molecular formula is C8H3I4O5S-. The highest BCUT2D eigenvalue weighted by Gasteiger charge is 2.27. The Morgan fingerprint density at radius 2 is 1.50 bits per heavy atom. The van der Waals surface area contributed by atoms with E-state index in [1.165, 1.54) is 0 Å². The quantitative estimate of drug-likeness (QED) is 0.155. The van der Waals surface area contributed by atoms with Crippen molar-refractivity contribution in [3.8, 4) is 0 Å². The van der Waals surface area contributed by atoms with Gasteiger partial charge in [0.1, 0.15) is 10.1 Å². The number of esters is 1. The minimum absolute atomic E-state index is 0.192. The first-order valence-corrected chi connectivity index (χ1v) is 9.75. The molecule has 0 saturated carbocycles. The van der Waals surface area contributed by atoms with Crippen LogP contribution in [-0.2, 0) is 14.9 Å². The highest BCUT2D eigenvalue weighted by Crippen LogP contribution is 2.35. The van der Waals surface area contributed by atoms with E-state index >= 15 is 0 Å². The van der Waals surface area contributed by atoms with Gasteiger partial charge in [0.2, 0.25) is 0 Å². The lowest BCUT2D eigenvalue weighted by Gasteiger charge is -2.18. The van der Waals surface area contributed by atoms with Crippen LogP contribution in [0.25, 0.3) is 0 Å². The second-order valence-corrected chi connectivity index (χ2v) is 8.54. The number of methoxy groups -OCH3 is 1. The first-order valence-electron chi connectivity index (χ1n) is 4.03. The van der Waals surface area contributed by atoms with Gasteiger partial charge in [-0.2, -0.15) is 0 Å². The molecule has 0 aliphatic carbocycles. The van der Waals surface area contributed by atoms with Crippen molar-refractivity contribution in [2.45, 2.75) is 4.90 Å². The van der Waals surface area contributed by atoms with Crippen LogP contribution in [0.15, 0.2) is 4.90 Å². The average Bonchev–Trinajstić information content (AvgIpc) is 2.28. The van der Waals surface area contributed by atoms with Crippen molar-refractivity contribution in [1.29, 1.82) is 0 Å². The van der Waals surface area contributed by atoms with Crippen LogP contribution >= 0.6 is 90.4 Å². The zero-order chi connectivity index (χ0) is 14.2. The monoisotopic (exact) mass is 719 g/mol. The summed E-state index contributed by atoms with van der Waals surface area (Å²) in [4.78, 5) is 11.2. The fourth-order valence-corrected chi connectivity index (χ4v) is 6.47. The van der Waals surface area contributed by atoms with Crippen molar-refractivity contribution in [1.82, 2.24) is 0 Å². The van der Waals surface area contributed by atoms with E-state index in [9.17, 15) is 17.8 Å². The van der Waals surface area contributed by atoms with Crippen LogP contribution in [0.3, 0.4) is 0 Å². The predicted molar refractivity (Wildman–Crippen MR) is 96.6 cm³/mol. The number of benzene rings is 1. The highest BCUT2D eigenvalue weighted by atomic mass is 127. The average molecular weight is 719 g/mol. The van der Waals surface area contributed by atoms with Crippen molar-refractivity contribution in [2.75, 3.05) is 7.11 Å². The smallest absolute Gasteiger partial charge is 0.340 e. The number of carbonyl (C=O) groups excluding carboxylic acids is 1. The van der Waals surface area contributed by atoms with E-state index < -0.39 is 21.0 Å². The summed E-state index contributed by atoms with van der Waals surface area (Å²) in [6.07, 6.45) is 0. The predicted octanol–water partition coefficient (Wildman–Crippen LogP) is 2.80. The van der Waals surface area contributed by atoms with E-state index in [1.54, 1.807) is 22.6 Å². The van der Waals surface area contributed by atoms with Crippen LogP contribution in [0.4, 0.5) is 0 Å². The van der Waals surface area contributed by atoms with Crippen LogP contribution in [0.1, 0.15) is 10.4 Å². The Morgan fingerprint density at radius 3 is 1.89 bits per heavy atom. The molecule has 18 heavy (non-hydrogen) atoms. The number of hydrogen-bond acceptors (Lipinski definition) is 5. The minimum atomic E-state index is -4.75. The Morgan fingerprint density at radius 1 is 1.06 bits per heavy atom. The zero-order valence-corrected chi connectivity index (χ0v) is 17.9. The van der Waals surface area contributed by atoms with Crippen molar-refractivity contribution in [2.24, 2.45) is 0 Å². The van der Waals surface area contributed by atoms with E-state index in [-0.39, 0.29) is 9.13 Å². The second-order valence-electron chi connectivity index (χ2n) is 2.91. The molecule has 1 rings (SSSR count). The number of halogens is 4. The first-order chi connectivity index (χ1) is 8.12. The van der Waals surface area contributed by atoms with E-state index in [0.717, 1.165) is 7.11 Å². The summed E-state index contributed by atoms with van der Waals surface area (Å²) in [7, 11) is -3.62. The molecule has 0 bridgehead atoms. The molecule has 0 aromatic heterocycles. The molecular weight excluding hydrogens is 716 g/mol. The molecule has 100 valence electrons. The van der Waals surface area contributed by atoms with Crippen LogP contribution in [-0.4, -0.2) is 26.0 Å². The Balaban J connectivity index is 3.95. The van der Waals surface area contributed by atoms with Gasteiger partial charge in [0.15, 0.2) is 0 Å². The maximum absolute atomic E-state index is 11.7. The van der Waals surface area contributed by atoms with Gasteiger partial charge in [0.05, 0.1) is 17.6 Å². The molecule has 0 aliphatic rings. The second kappa shape index (κ2) is 6.52. The molecule has 10 heteroatoms. The maximum atomic E-state index is 11.7. The van der Waals surface area contributed by atoms with E-state index in [0.29, 0.717) is 10.7 Å². The van der Waals surface area contributed by atoms with E-state index in [2.05, 4.69) is 4.74 Å². The van der Waals surface area contributed by atoms with Gasteiger partial charge in [-0.05, 0) is 90.4 Å². The van der Waals surface area contributed by atoms with Gasteiger partial charge in [-0.1, -0.05) is 0 Å². The molecule has 0 saturated heterocycles. The van der Waals surface area contributed by atoms with Gasteiger partial charge in [-0.15, -0.1) is 0 Å². The summed E-state index contributed by atoms with van der Waals surface area (Å²) < 4.78 is 40.5. The molecule has 1 aromatic rings. The molecule has 0 N–H and O–H groups in total. The molecule has 0 unspecified atom stereocenters. The molecule has 0 atom stereocenters. The third-order valence-corrected chi connectivity index (χ3v) is 10.5. The van der Waals surface area contributed by atoms with Crippen molar-refractivity contribution in [3.63, 3.8) is 0 Å². The van der Waals surface area contributed by atoms with E-state index in [4.69, 9.17) is 0 Å². The minimum Gasteiger partial charge on any atom is -0.744 e. The molecule has 1 aromatic carbocycles. The number of ether oxygens (including phenoxy) is 1. The van der Waals surface area contributed by atoms with Crippen molar-refractivity contribution >= 4 is 106 Å². The number of carbonyl (C=O) groups is 1. The third kappa shape index (κ3) is 3.40. The molecule has 0 amide bonds. The first kappa shape index (κ1) is 17.6. The normalized spacial score (nSPS) is 11.4. The van der Waals surface area contributed by atoms with Crippen molar-refractivity contribution < 1.29 is 22.5 Å². The molecule has 5 nitrogen and oxygen atoms in total. The third-order valence-electron chi connectivity index (χ3n) is 1.86. The Labute approximate surface area is 158 Å². The van der Waals surface area contributed by atoms with Gasteiger partial charge >= 0.3 is 5.97 Å². The van der Waals surface area contributed by atoms with Gasteiger partial charge in [-0.3, -0.25) is 0 Å². The van der Waals surface area contributed by atoms with Crippen LogP contribution in [0.5, 0.6) is 0 Å². The summed E-state index contributed by atoms with van der Waals surface area (Å²) in [5.74, 6) is -0.832. The fourth-order valence-electron chi connectivity index (χ4n) is 1.13. The Hall–Kier alpha value is 1.52. The van der Waals surface area contributed by atoms with Gasteiger partial charge < -0.3 is 9.29 Å². The number of hydrogen-bond donors (Lipinski definition) is 0. The van der Waals surface area contributed by atoms with Crippen LogP contribution < -0.4 is 0 Å². The van der Waals surface area contributed by atoms with Crippen LogP contribution in [0.2, 0.25) is 0 Å². The van der Waals surface area contributed by atoms with Gasteiger partial charge in [0.25, 0.3) is 0 Å². The summed E-state index contributed by atoms with van der Waals surface area (Å²) in [6.45, 7) is 0. The fraction of sp³-hybridized carbons (Fsp3) is 0.125. The number of rotatable bonds is 2. The SMILES string of the molecule is COC(=O)c1c(I)c(I)c(I)c(I)c1S(=O)(=O)[O-]. The highest BCUT2D eigenvalue weighted by molar-refractivity contribution is 14.1. The molecule has 0 heterocycles. The lowest BCUT2D eigenvalue weighted by molar-refractivity contribution is 0.0594. The molecule has 0 radical (unpaired) electrons. The van der Waals surface area contributed by atoms with Gasteiger partial charge in [0, 0.05) is 14.3 Å². The summed E-state index contributed by atoms with van der Waals surface area (Å²) >= 11 is 7.50. The molecule has 0 fully saturated rings. The van der Waals surface area contributed by atoms with Crippen LogP contribution in [0, 0.1) is 14.3 Å². The maximum Gasteiger partial charge on any atom is 0.340 e. The largest absolute Gasteiger partial charge is 0.744 e. The summed E-state index contributed by atoms with van der Waals surface area (Å²) in [5, 5.41) is 0. The molecule has 0 spiro atoms. The lowest BCUT2D eigenvalue weighted by Crippen LogP contribution is -2.16. The summed E-state index contributed by atoms with van der Waals surface area (Å²) in [5.41, 5.74) is -0.192. The lowest BCUT2D eigenvalue weighted by atomic mass is 10.2. The topological polar surface area (TPSA) is 83.5 Å². The molecule has 0 aliphatic heterocycles. The zero-order valence-electron chi connectivity index (χ0n) is 8.46. The van der Waals surface area contributed by atoms with Gasteiger partial charge in [-0.25, -0.2) is 13.2 Å². The van der Waals surface area contributed by atoms with E-state index in [1.807, 2.05) is 67.8 Å². The van der Waals surface area contributed by atoms with Crippen molar-refractivity contribution in [3.05, 3.63) is 19.8 Å². The Kier molecular flexibility index (Phi) is 6.37. The standard InChI is InChI=1S/C8H4I4O5S/c1-17-8(13)2-3(9)4(10)5(11)6(12)7(2)18(14,15)16/h1H3,(H,14,15,16)/p-1.